The van der Waals surface area contributed by atoms with E-state index in [-0.39, 0.29) is 47.9 Å². The van der Waals surface area contributed by atoms with Crippen LogP contribution in [0.5, 0.6) is 0 Å². The van der Waals surface area contributed by atoms with Crippen molar-refractivity contribution in [1.29, 1.82) is 0 Å². The van der Waals surface area contributed by atoms with Crippen LogP contribution in [-0.4, -0.2) is 10.9 Å². The van der Waals surface area contributed by atoms with Crippen LogP contribution in [0.3, 0.4) is 0 Å². The Kier molecular flexibility index (Phi) is 13.3. The summed E-state index contributed by atoms with van der Waals surface area (Å²) in [7, 11) is 4.38. The molecule has 3 aromatic carbocycles. The van der Waals surface area contributed by atoms with E-state index in [9.17, 15) is 9.90 Å². The Hall–Kier alpha value is -3.11. The number of aromatic nitrogens is 1. The van der Waals surface area contributed by atoms with Gasteiger partial charge in [0.1, 0.15) is 5.76 Å². The number of fused-ring (bicyclic) bond motifs is 4. The number of pyridine rings is 1. The Balaban J connectivity index is 0.000000323. The first-order chi connectivity index (χ1) is 23.0. The molecule has 0 aliphatic heterocycles. The molecule has 5 heteroatoms. The molecule has 0 saturated heterocycles. The van der Waals surface area contributed by atoms with Crippen LogP contribution < -0.4 is 4.57 Å². The molecule has 2 aromatic heterocycles. The minimum Gasteiger partial charge on any atom is -0.512 e. The SMILES string of the molecule is CCC(C)(CC)C(=O)/C=C(\O)C(C)(CC)CC.[CH2-]c1c(-c2c3sc4c(C)c(CC)ccc4c3cc[n+]2[CH2-])cc(C(C)(C)C)c2ccccc12.[Ir]. The molecule has 3 nitrogen and oxygen atoms in total. The Bertz CT molecular complexity index is 2020. The summed E-state index contributed by atoms with van der Waals surface area (Å²) >= 11 is 1.89. The molecule has 1 N–H and O–H groups in total. The standard InChI is InChI=1S/C30H30NS.C15H28O2.Ir/c1-8-20-13-14-23-24-15-16-31(7)27(29(24)32-28(23)18(20)2)25-17-26(30(4,5)6)22-12-10-9-11-21(22)19(25)3;1-7-14(5,8-2)12(16)11-13(17)15(6,9-3)10-4;/h9-17H,3,7-8H2,1-2,4-6H3;11,16H,7-10H2,1-6H3;/q-1;;/b;12-11-;. The van der Waals surface area contributed by atoms with Gasteiger partial charge in [0.2, 0.25) is 0 Å². The molecular weight excluding hydrogens is 811 g/mol. The van der Waals surface area contributed by atoms with E-state index in [1.807, 2.05) is 57.4 Å². The summed E-state index contributed by atoms with van der Waals surface area (Å²) in [6.07, 6.45) is 7.91. The van der Waals surface area contributed by atoms with Crippen molar-refractivity contribution in [2.75, 3.05) is 0 Å². The molecule has 2 heterocycles. The fraction of sp³-hybridized carbons (Fsp3) is 0.422. The van der Waals surface area contributed by atoms with Gasteiger partial charge in [-0.1, -0.05) is 111 Å². The third-order valence-electron chi connectivity index (χ3n) is 11.4. The van der Waals surface area contributed by atoms with Gasteiger partial charge in [-0.2, -0.15) is 12.5 Å². The number of carbonyl (C=O) groups excluding carboxylic acids is 1. The molecule has 0 aliphatic rings. The first-order valence-electron chi connectivity index (χ1n) is 18.1. The molecule has 0 fully saturated rings. The number of thiophene rings is 1. The second kappa shape index (κ2) is 16.1. The van der Waals surface area contributed by atoms with E-state index in [1.54, 1.807) is 0 Å². The van der Waals surface area contributed by atoms with Crippen molar-refractivity contribution in [1.82, 2.24) is 0 Å². The first-order valence-corrected chi connectivity index (χ1v) is 18.9. The van der Waals surface area contributed by atoms with Crippen molar-refractivity contribution in [3.05, 3.63) is 103 Å². The average molecular weight is 869 g/mol. The van der Waals surface area contributed by atoms with Gasteiger partial charge in [0.15, 0.2) is 5.78 Å². The summed E-state index contributed by atoms with van der Waals surface area (Å²) in [6, 6.07) is 17.8. The number of hydrogen-bond acceptors (Lipinski definition) is 3. The van der Waals surface area contributed by atoms with Crippen LogP contribution in [0.25, 0.3) is 42.2 Å². The Morgan fingerprint density at radius 2 is 1.38 bits per heavy atom. The smallest absolute Gasteiger partial charge is 0.164 e. The van der Waals surface area contributed by atoms with E-state index < -0.39 is 0 Å². The molecule has 5 rings (SSSR count). The zero-order valence-corrected chi connectivity index (χ0v) is 35.5. The number of aliphatic hydroxyl groups excluding tert-OH is 1. The average Bonchev–Trinajstić information content (AvgIpc) is 3.47. The molecule has 1 radical (unpaired) electrons. The van der Waals surface area contributed by atoms with Crippen molar-refractivity contribution in [2.24, 2.45) is 10.8 Å². The molecule has 0 amide bonds. The number of hydrogen-bond donors (Lipinski definition) is 1. The Morgan fingerprint density at radius 1 is 0.820 bits per heavy atom. The molecule has 50 heavy (non-hydrogen) atoms. The molecule has 0 saturated carbocycles. The van der Waals surface area contributed by atoms with Crippen molar-refractivity contribution >= 4 is 48.1 Å². The molecule has 0 atom stereocenters. The van der Waals surface area contributed by atoms with Crippen LogP contribution >= 0.6 is 11.3 Å². The summed E-state index contributed by atoms with van der Waals surface area (Å²) in [5.41, 5.74) is 6.99. The summed E-state index contributed by atoms with van der Waals surface area (Å²) in [4.78, 5) is 12.2. The number of aryl methyl sites for hydroxylation is 2. The van der Waals surface area contributed by atoms with Gasteiger partial charge in [-0.15, -0.1) is 34.4 Å². The van der Waals surface area contributed by atoms with Gasteiger partial charge < -0.3 is 9.67 Å². The van der Waals surface area contributed by atoms with Crippen LogP contribution in [0.15, 0.2) is 66.6 Å². The molecule has 0 aliphatic carbocycles. The molecular formula is C45H58IrNO2S-. The number of benzene rings is 3. The van der Waals surface area contributed by atoms with E-state index in [4.69, 9.17) is 0 Å². The van der Waals surface area contributed by atoms with Crippen LogP contribution in [0.2, 0.25) is 0 Å². The van der Waals surface area contributed by atoms with Crippen LogP contribution in [0.1, 0.15) is 117 Å². The van der Waals surface area contributed by atoms with Crippen molar-refractivity contribution in [2.45, 2.75) is 114 Å². The second-order valence-electron chi connectivity index (χ2n) is 15.2. The second-order valence-corrected chi connectivity index (χ2v) is 16.3. The fourth-order valence-electron chi connectivity index (χ4n) is 6.68. The minimum absolute atomic E-state index is 0. The predicted molar refractivity (Wildman–Crippen MR) is 214 cm³/mol. The number of carbonyl (C=O) groups is 1. The topological polar surface area (TPSA) is 41.2 Å². The maximum absolute atomic E-state index is 12.2. The zero-order valence-electron chi connectivity index (χ0n) is 32.3. The van der Waals surface area contributed by atoms with Gasteiger partial charge in [-0.3, -0.25) is 4.79 Å². The van der Waals surface area contributed by atoms with Gasteiger partial charge in [-0.25, -0.2) is 0 Å². The van der Waals surface area contributed by atoms with E-state index in [0.29, 0.717) is 0 Å². The van der Waals surface area contributed by atoms with Gasteiger partial charge in [-0.05, 0) is 72.4 Å². The third kappa shape index (κ3) is 7.71. The van der Waals surface area contributed by atoms with Crippen molar-refractivity contribution in [3.8, 4) is 11.3 Å². The van der Waals surface area contributed by atoms with E-state index in [2.05, 4.69) is 103 Å². The van der Waals surface area contributed by atoms with Gasteiger partial charge in [0.05, 0.1) is 11.9 Å². The Morgan fingerprint density at radius 3 is 1.92 bits per heavy atom. The zero-order chi connectivity index (χ0) is 36.5. The summed E-state index contributed by atoms with van der Waals surface area (Å²) in [6.45, 7) is 28.0. The van der Waals surface area contributed by atoms with Crippen LogP contribution in [-0.2, 0) is 36.7 Å². The molecule has 0 bridgehead atoms. The van der Waals surface area contributed by atoms with Crippen molar-refractivity contribution in [3.63, 3.8) is 0 Å². The molecule has 5 aromatic rings. The normalized spacial score (nSPS) is 12.6. The Labute approximate surface area is 319 Å². The molecule has 0 spiro atoms. The van der Waals surface area contributed by atoms with Crippen LogP contribution in [0.4, 0.5) is 0 Å². The number of ketones is 1. The monoisotopic (exact) mass is 869 g/mol. The third-order valence-corrected chi connectivity index (χ3v) is 12.7. The largest absolute Gasteiger partial charge is 0.512 e. The summed E-state index contributed by atoms with van der Waals surface area (Å²) in [5.74, 6) is 0.286. The molecule has 0 unspecified atom stereocenters. The number of nitrogens with zero attached hydrogens (tertiary/aromatic N) is 1. The first kappa shape index (κ1) is 41.3. The fourth-order valence-corrected chi connectivity index (χ4v) is 8.06. The van der Waals surface area contributed by atoms with Crippen molar-refractivity contribution < 1.29 is 34.6 Å². The summed E-state index contributed by atoms with van der Waals surface area (Å²) < 4.78 is 4.70. The van der Waals surface area contributed by atoms with Crippen LogP contribution in [0, 0.1) is 31.7 Å². The minimum atomic E-state index is -0.337. The quantitative estimate of drug-likeness (QED) is 0.0694. The molecule has 271 valence electrons. The number of aliphatic hydroxyl groups is 1. The maximum Gasteiger partial charge on any atom is 0.164 e. The maximum atomic E-state index is 12.2. The number of allylic oxidation sites excluding steroid dienone is 2. The van der Waals surface area contributed by atoms with Gasteiger partial charge in [0, 0.05) is 53.5 Å². The summed E-state index contributed by atoms with van der Waals surface area (Å²) in [5, 5.41) is 15.3. The predicted octanol–water partition coefficient (Wildman–Crippen LogP) is 12.8. The number of rotatable bonds is 9. The van der Waals surface area contributed by atoms with E-state index >= 15 is 0 Å². The van der Waals surface area contributed by atoms with Gasteiger partial charge >= 0.3 is 0 Å². The van der Waals surface area contributed by atoms with E-state index in [1.165, 1.54) is 59.3 Å². The van der Waals surface area contributed by atoms with Gasteiger partial charge in [0.25, 0.3) is 0 Å². The van der Waals surface area contributed by atoms with E-state index in [0.717, 1.165) is 43.4 Å².